The Bertz CT molecular complexity index is 436. The molecule has 2 heteroatoms. The van der Waals surface area contributed by atoms with E-state index < -0.39 is 0 Å². The molecule has 80 valence electrons. The second-order valence-corrected chi connectivity index (χ2v) is 4.79. The van der Waals surface area contributed by atoms with E-state index in [1.807, 2.05) is 36.4 Å². The maximum absolute atomic E-state index is 5.82. The molecule has 0 aliphatic carbocycles. The predicted molar refractivity (Wildman–Crippen MR) is 74.5 cm³/mol. The third-order valence-electron chi connectivity index (χ3n) is 2.21. The van der Waals surface area contributed by atoms with Gasteiger partial charge >= 0.3 is 0 Å². The topological polar surface area (TPSA) is 0 Å². The van der Waals surface area contributed by atoms with Crippen LogP contribution in [0.2, 0.25) is 5.02 Å². The van der Waals surface area contributed by atoms with E-state index in [1.165, 1.54) is 5.56 Å². The van der Waals surface area contributed by atoms with Crippen molar-refractivity contribution in [2.45, 2.75) is 0 Å². The van der Waals surface area contributed by atoms with Crippen LogP contribution in [0, 0.1) is 0 Å². The SMILES string of the molecule is Clc1ccc(/C=C/c2ccc(Br)cc2)cc1. The van der Waals surface area contributed by atoms with Gasteiger partial charge in [-0.2, -0.15) is 0 Å². The van der Waals surface area contributed by atoms with Crippen LogP contribution < -0.4 is 0 Å². The van der Waals surface area contributed by atoms with Crippen LogP contribution in [-0.2, 0) is 0 Å². The molecule has 16 heavy (non-hydrogen) atoms. The highest BCUT2D eigenvalue weighted by Crippen LogP contribution is 2.14. The third kappa shape index (κ3) is 3.22. The van der Waals surface area contributed by atoms with Crippen molar-refractivity contribution in [2.75, 3.05) is 0 Å². The average Bonchev–Trinajstić information content (AvgIpc) is 2.30. The molecule has 0 bridgehead atoms. The molecule has 0 amide bonds. The fourth-order valence-corrected chi connectivity index (χ4v) is 1.73. The quantitative estimate of drug-likeness (QED) is 0.661. The zero-order chi connectivity index (χ0) is 11.4. The first kappa shape index (κ1) is 11.4. The van der Waals surface area contributed by atoms with E-state index in [9.17, 15) is 0 Å². The highest BCUT2D eigenvalue weighted by Gasteiger charge is 1.89. The molecular weight excluding hydrogens is 284 g/mol. The lowest BCUT2D eigenvalue weighted by Gasteiger charge is -1.95. The first-order valence-electron chi connectivity index (χ1n) is 4.93. The maximum Gasteiger partial charge on any atom is 0.0406 e. The van der Waals surface area contributed by atoms with Crippen LogP contribution in [0.4, 0.5) is 0 Å². The summed E-state index contributed by atoms with van der Waals surface area (Å²) in [4.78, 5) is 0. The van der Waals surface area contributed by atoms with Crippen LogP contribution in [0.1, 0.15) is 11.1 Å². The third-order valence-corrected chi connectivity index (χ3v) is 2.99. The van der Waals surface area contributed by atoms with Gasteiger partial charge in [-0.1, -0.05) is 63.9 Å². The Kier molecular flexibility index (Phi) is 3.81. The second-order valence-electron chi connectivity index (χ2n) is 3.44. The standard InChI is InChI=1S/C14H10BrCl/c15-13-7-3-11(4-8-13)1-2-12-5-9-14(16)10-6-12/h1-10H/b2-1+. The van der Waals surface area contributed by atoms with Crippen LogP contribution in [0.5, 0.6) is 0 Å². The molecule has 2 rings (SSSR count). The summed E-state index contributed by atoms with van der Waals surface area (Å²) >= 11 is 9.23. The normalized spacial score (nSPS) is 10.9. The number of halogens is 2. The van der Waals surface area contributed by atoms with Gasteiger partial charge in [0.05, 0.1) is 0 Å². The van der Waals surface area contributed by atoms with Crippen molar-refractivity contribution in [3.8, 4) is 0 Å². The smallest absolute Gasteiger partial charge is 0.0406 e. The Morgan fingerprint density at radius 1 is 0.750 bits per heavy atom. The Morgan fingerprint density at radius 3 is 1.69 bits per heavy atom. The van der Waals surface area contributed by atoms with Crippen molar-refractivity contribution in [3.05, 3.63) is 69.2 Å². The summed E-state index contributed by atoms with van der Waals surface area (Å²) in [5, 5.41) is 0.765. The van der Waals surface area contributed by atoms with Crippen molar-refractivity contribution in [1.29, 1.82) is 0 Å². The molecule has 2 aromatic rings. The van der Waals surface area contributed by atoms with Crippen LogP contribution in [-0.4, -0.2) is 0 Å². The lowest BCUT2D eigenvalue weighted by Crippen LogP contribution is -1.72. The van der Waals surface area contributed by atoms with Crippen molar-refractivity contribution in [2.24, 2.45) is 0 Å². The van der Waals surface area contributed by atoms with Crippen LogP contribution >= 0.6 is 27.5 Å². The van der Waals surface area contributed by atoms with E-state index in [0.29, 0.717) is 0 Å². The molecule has 0 nitrogen and oxygen atoms in total. The van der Waals surface area contributed by atoms with E-state index in [1.54, 1.807) is 0 Å². The van der Waals surface area contributed by atoms with Gasteiger partial charge in [0.25, 0.3) is 0 Å². The van der Waals surface area contributed by atoms with Gasteiger partial charge in [0.15, 0.2) is 0 Å². The molecule has 2 aromatic carbocycles. The number of hydrogen-bond acceptors (Lipinski definition) is 0. The molecule has 0 N–H and O–H groups in total. The Morgan fingerprint density at radius 2 is 1.19 bits per heavy atom. The van der Waals surface area contributed by atoms with Gasteiger partial charge in [-0.25, -0.2) is 0 Å². The Hall–Kier alpha value is -1.05. The van der Waals surface area contributed by atoms with E-state index >= 15 is 0 Å². The molecule has 0 saturated heterocycles. The lowest BCUT2D eigenvalue weighted by molar-refractivity contribution is 1.61. The van der Waals surface area contributed by atoms with Gasteiger partial charge in [-0.3, -0.25) is 0 Å². The Balaban J connectivity index is 2.15. The Labute approximate surface area is 109 Å². The van der Waals surface area contributed by atoms with Crippen molar-refractivity contribution in [1.82, 2.24) is 0 Å². The minimum Gasteiger partial charge on any atom is -0.0843 e. The highest BCUT2D eigenvalue weighted by atomic mass is 79.9. The van der Waals surface area contributed by atoms with Crippen molar-refractivity contribution >= 4 is 39.7 Å². The van der Waals surface area contributed by atoms with Gasteiger partial charge in [0.2, 0.25) is 0 Å². The molecular formula is C14H10BrCl. The summed E-state index contributed by atoms with van der Waals surface area (Å²) < 4.78 is 1.09. The number of hydrogen-bond donors (Lipinski definition) is 0. The average molecular weight is 294 g/mol. The van der Waals surface area contributed by atoms with Gasteiger partial charge in [-0.15, -0.1) is 0 Å². The molecule has 0 unspecified atom stereocenters. The first-order valence-corrected chi connectivity index (χ1v) is 6.10. The summed E-state index contributed by atoms with van der Waals surface area (Å²) in [6, 6.07) is 16.0. The minimum absolute atomic E-state index is 0.765. The number of rotatable bonds is 2. The van der Waals surface area contributed by atoms with Gasteiger partial charge < -0.3 is 0 Å². The predicted octanol–water partition coefficient (Wildman–Crippen LogP) is 5.27. The first-order chi connectivity index (χ1) is 7.74. The zero-order valence-corrected chi connectivity index (χ0v) is 10.9. The van der Waals surface area contributed by atoms with Crippen LogP contribution in [0.25, 0.3) is 12.2 Å². The molecule has 0 aromatic heterocycles. The summed E-state index contributed by atoms with van der Waals surface area (Å²) in [6.07, 6.45) is 4.15. The van der Waals surface area contributed by atoms with E-state index in [0.717, 1.165) is 15.1 Å². The highest BCUT2D eigenvalue weighted by molar-refractivity contribution is 9.10. The molecule has 0 aliphatic rings. The van der Waals surface area contributed by atoms with Crippen molar-refractivity contribution < 1.29 is 0 Å². The second kappa shape index (κ2) is 5.33. The fourth-order valence-electron chi connectivity index (χ4n) is 1.34. The minimum atomic E-state index is 0.765. The monoisotopic (exact) mass is 292 g/mol. The molecule has 0 saturated carbocycles. The zero-order valence-electron chi connectivity index (χ0n) is 8.53. The largest absolute Gasteiger partial charge is 0.0843 e. The summed E-state index contributed by atoms with van der Waals surface area (Å²) in [5.74, 6) is 0. The number of benzene rings is 2. The van der Waals surface area contributed by atoms with Crippen molar-refractivity contribution in [3.63, 3.8) is 0 Å². The summed E-state index contributed by atoms with van der Waals surface area (Å²) in [5.41, 5.74) is 2.32. The molecule has 0 atom stereocenters. The van der Waals surface area contributed by atoms with Gasteiger partial charge in [-0.05, 0) is 35.4 Å². The van der Waals surface area contributed by atoms with Gasteiger partial charge in [0, 0.05) is 9.50 Å². The molecule has 0 spiro atoms. The lowest BCUT2D eigenvalue weighted by atomic mass is 10.1. The van der Waals surface area contributed by atoms with Crippen LogP contribution in [0.3, 0.4) is 0 Å². The maximum atomic E-state index is 5.82. The summed E-state index contributed by atoms with van der Waals surface area (Å²) in [6.45, 7) is 0. The fraction of sp³-hybridized carbons (Fsp3) is 0. The molecule has 0 heterocycles. The molecule has 0 aliphatic heterocycles. The van der Waals surface area contributed by atoms with Crippen LogP contribution in [0.15, 0.2) is 53.0 Å². The van der Waals surface area contributed by atoms with E-state index in [2.05, 4.69) is 40.2 Å². The van der Waals surface area contributed by atoms with E-state index in [4.69, 9.17) is 11.6 Å². The van der Waals surface area contributed by atoms with E-state index in [-0.39, 0.29) is 0 Å². The van der Waals surface area contributed by atoms with Gasteiger partial charge in [0.1, 0.15) is 0 Å². The summed E-state index contributed by atoms with van der Waals surface area (Å²) in [7, 11) is 0. The molecule has 0 radical (unpaired) electrons. The molecule has 0 fully saturated rings.